The molecule has 0 aromatic carbocycles. The molecule has 0 bridgehead atoms. The van der Waals surface area contributed by atoms with Crippen LogP contribution in [0, 0.1) is 0 Å². The minimum Gasteiger partial charge on any atom is -0.394 e. The first kappa shape index (κ1) is 8.61. The normalized spacial score (nSPS) is 16.3. The van der Waals surface area contributed by atoms with Gasteiger partial charge in [-0.2, -0.15) is 0 Å². The van der Waals surface area contributed by atoms with Crippen LogP contribution in [-0.2, 0) is 0 Å². The van der Waals surface area contributed by atoms with E-state index in [2.05, 4.69) is 4.98 Å². The highest BCUT2D eigenvalue weighted by Crippen LogP contribution is 2.18. The molecule has 0 amide bonds. The summed E-state index contributed by atoms with van der Waals surface area (Å²) < 4.78 is 0. The molecule has 1 aromatic heterocycles. The smallest absolute Gasteiger partial charge is 0.134 e. The van der Waals surface area contributed by atoms with Crippen molar-refractivity contribution in [3.05, 3.63) is 16.6 Å². The van der Waals surface area contributed by atoms with Crippen LogP contribution >= 0.6 is 11.3 Å². The third kappa shape index (κ3) is 1.97. The summed E-state index contributed by atoms with van der Waals surface area (Å²) in [6.07, 6.45) is -0.672. The summed E-state index contributed by atoms with van der Waals surface area (Å²) in [5.74, 6) is 0. The summed E-state index contributed by atoms with van der Waals surface area (Å²) >= 11 is 1.24. The van der Waals surface area contributed by atoms with Crippen molar-refractivity contribution in [1.29, 1.82) is 0 Å². The van der Waals surface area contributed by atoms with Crippen molar-refractivity contribution in [1.82, 2.24) is 4.98 Å². The first-order valence-corrected chi connectivity index (χ1v) is 4.00. The van der Waals surface area contributed by atoms with Gasteiger partial charge >= 0.3 is 0 Å². The zero-order valence-corrected chi connectivity index (χ0v) is 6.53. The van der Waals surface area contributed by atoms with Gasteiger partial charge in [0.15, 0.2) is 0 Å². The molecular formula is C6H9NO3S. The van der Waals surface area contributed by atoms with Crippen molar-refractivity contribution in [3.8, 4) is 0 Å². The van der Waals surface area contributed by atoms with Crippen LogP contribution in [0.5, 0.6) is 0 Å². The second-order valence-electron chi connectivity index (χ2n) is 2.07. The number of aliphatic hydroxyl groups excluding tert-OH is 3. The lowest BCUT2D eigenvalue weighted by molar-refractivity contribution is -0.0153. The minimum atomic E-state index is -1.14. The van der Waals surface area contributed by atoms with Gasteiger partial charge in [-0.15, -0.1) is 11.3 Å². The topological polar surface area (TPSA) is 73.6 Å². The Kier molecular flexibility index (Phi) is 2.95. The largest absolute Gasteiger partial charge is 0.394 e. The summed E-state index contributed by atoms with van der Waals surface area (Å²) in [5.41, 5.74) is 0. The average molecular weight is 175 g/mol. The van der Waals surface area contributed by atoms with Crippen molar-refractivity contribution < 1.29 is 15.3 Å². The van der Waals surface area contributed by atoms with E-state index in [1.165, 1.54) is 17.5 Å². The van der Waals surface area contributed by atoms with Crippen LogP contribution in [-0.4, -0.2) is 33.0 Å². The fourth-order valence-electron chi connectivity index (χ4n) is 0.645. The lowest BCUT2D eigenvalue weighted by Gasteiger charge is -2.11. The Morgan fingerprint density at radius 1 is 1.55 bits per heavy atom. The molecule has 0 fully saturated rings. The summed E-state index contributed by atoms with van der Waals surface area (Å²) in [7, 11) is 0. The second kappa shape index (κ2) is 3.77. The molecular weight excluding hydrogens is 166 g/mol. The van der Waals surface area contributed by atoms with E-state index >= 15 is 0 Å². The van der Waals surface area contributed by atoms with E-state index in [9.17, 15) is 5.11 Å². The third-order valence-electron chi connectivity index (χ3n) is 1.26. The molecule has 0 aliphatic carbocycles. The maximum absolute atomic E-state index is 9.22. The lowest BCUT2D eigenvalue weighted by Crippen LogP contribution is -2.21. The highest BCUT2D eigenvalue weighted by Gasteiger charge is 2.18. The number of rotatable bonds is 3. The van der Waals surface area contributed by atoms with Crippen LogP contribution in [0.15, 0.2) is 11.6 Å². The Balaban J connectivity index is 2.62. The number of hydrogen-bond acceptors (Lipinski definition) is 5. The molecule has 5 heteroatoms. The van der Waals surface area contributed by atoms with Gasteiger partial charge in [0.25, 0.3) is 0 Å². The SMILES string of the molecule is OC[C@@H](O)[C@@H](O)c1nccs1. The zero-order chi connectivity index (χ0) is 8.27. The molecule has 0 aliphatic heterocycles. The Bertz CT molecular complexity index is 202. The van der Waals surface area contributed by atoms with Crippen LogP contribution < -0.4 is 0 Å². The van der Waals surface area contributed by atoms with Gasteiger partial charge in [-0.25, -0.2) is 4.98 Å². The molecule has 1 aromatic rings. The van der Waals surface area contributed by atoms with E-state index < -0.39 is 18.8 Å². The van der Waals surface area contributed by atoms with Gasteiger partial charge in [-0.1, -0.05) is 0 Å². The lowest BCUT2D eigenvalue weighted by atomic mass is 10.2. The Hall–Kier alpha value is -0.490. The molecule has 11 heavy (non-hydrogen) atoms. The van der Waals surface area contributed by atoms with Crippen LogP contribution in [0.2, 0.25) is 0 Å². The van der Waals surface area contributed by atoms with Crippen molar-refractivity contribution in [2.24, 2.45) is 0 Å². The fourth-order valence-corrected chi connectivity index (χ4v) is 1.32. The highest BCUT2D eigenvalue weighted by atomic mass is 32.1. The number of aromatic nitrogens is 1. The van der Waals surface area contributed by atoms with Gasteiger partial charge in [0, 0.05) is 11.6 Å². The second-order valence-corrected chi connectivity index (χ2v) is 2.99. The van der Waals surface area contributed by atoms with E-state index in [1.54, 1.807) is 5.38 Å². The van der Waals surface area contributed by atoms with Crippen molar-refractivity contribution in [2.45, 2.75) is 12.2 Å². The molecule has 0 spiro atoms. The van der Waals surface area contributed by atoms with E-state index in [-0.39, 0.29) is 0 Å². The quantitative estimate of drug-likeness (QED) is 0.580. The molecule has 0 aliphatic rings. The van der Waals surface area contributed by atoms with Gasteiger partial charge in [0.1, 0.15) is 17.2 Å². The predicted octanol–water partition coefficient (Wildman–Crippen LogP) is -0.470. The Labute approximate surface area is 67.8 Å². The molecule has 2 atom stereocenters. The first-order valence-electron chi connectivity index (χ1n) is 3.12. The van der Waals surface area contributed by atoms with Gasteiger partial charge in [-0.3, -0.25) is 0 Å². The maximum Gasteiger partial charge on any atom is 0.134 e. The maximum atomic E-state index is 9.22. The molecule has 4 nitrogen and oxygen atoms in total. The van der Waals surface area contributed by atoms with Gasteiger partial charge in [0.2, 0.25) is 0 Å². The molecule has 3 N–H and O–H groups in total. The summed E-state index contributed by atoms with van der Waals surface area (Å²) in [6, 6.07) is 0. The van der Waals surface area contributed by atoms with E-state index in [4.69, 9.17) is 10.2 Å². The van der Waals surface area contributed by atoms with Crippen molar-refractivity contribution in [3.63, 3.8) is 0 Å². The third-order valence-corrected chi connectivity index (χ3v) is 2.10. The monoisotopic (exact) mass is 175 g/mol. The Morgan fingerprint density at radius 2 is 2.27 bits per heavy atom. The number of nitrogens with zero attached hydrogens (tertiary/aromatic N) is 1. The summed E-state index contributed by atoms with van der Waals surface area (Å²) in [5, 5.41) is 28.8. The highest BCUT2D eigenvalue weighted by molar-refractivity contribution is 7.09. The van der Waals surface area contributed by atoms with Gasteiger partial charge < -0.3 is 15.3 Å². The molecule has 0 saturated carbocycles. The fraction of sp³-hybridized carbons (Fsp3) is 0.500. The van der Waals surface area contributed by atoms with Gasteiger partial charge in [-0.05, 0) is 0 Å². The van der Waals surface area contributed by atoms with Crippen molar-refractivity contribution >= 4 is 11.3 Å². The summed E-state index contributed by atoms with van der Waals surface area (Å²) in [6.45, 7) is -0.458. The number of aliphatic hydroxyl groups is 3. The molecule has 0 radical (unpaired) electrons. The summed E-state index contributed by atoms with van der Waals surface area (Å²) in [4.78, 5) is 3.78. The predicted molar refractivity (Wildman–Crippen MR) is 40.2 cm³/mol. The zero-order valence-electron chi connectivity index (χ0n) is 5.71. The molecule has 62 valence electrons. The number of hydrogen-bond donors (Lipinski definition) is 3. The standard InChI is InChI=1S/C6H9NO3S/c8-3-4(9)5(10)6-7-1-2-11-6/h1-2,4-5,8-10H,3H2/t4-,5-/m1/s1. The van der Waals surface area contributed by atoms with E-state index in [0.29, 0.717) is 5.01 Å². The first-order chi connectivity index (χ1) is 5.25. The Morgan fingerprint density at radius 3 is 2.73 bits per heavy atom. The van der Waals surface area contributed by atoms with E-state index in [1.807, 2.05) is 0 Å². The minimum absolute atomic E-state index is 0.423. The van der Waals surface area contributed by atoms with Crippen LogP contribution in [0.4, 0.5) is 0 Å². The van der Waals surface area contributed by atoms with Crippen LogP contribution in [0.3, 0.4) is 0 Å². The van der Waals surface area contributed by atoms with Crippen LogP contribution in [0.1, 0.15) is 11.1 Å². The van der Waals surface area contributed by atoms with Gasteiger partial charge in [0.05, 0.1) is 6.61 Å². The number of thiazole rings is 1. The van der Waals surface area contributed by atoms with Crippen LogP contribution in [0.25, 0.3) is 0 Å². The molecule has 1 heterocycles. The molecule has 0 saturated heterocycles. The molecule has 1 rings (SSSR count). The van der Waals surface area contributed by atoms with E-state index in [0.717, 1.165) is 0 Å². The average Bonchev–Trinajstić information content (AvgIpc) is 2.53. The molecule has 0 unspecified atom stereocenters. The van der Waals surface area contributed by atoms with Crippen molar-refractivity contribution in [2.75, 3.05) is 6.61 Å².